The lowest BCUT2D eigenvalue weighted by molar-refractivity contribution is -0.137. The minimum atomic E-state index is -0.715. The number of hydrogen-bond acceptors (Lipinski definition) is 3. The van der Waals surface area contributed by atoms with Crippen LogP contribution in [0.3, 0.4) is 0 Å². The SMILES string of the molecule is CC(C)N(CCNCCCC(=O)O)C(C)C. The predicted molar refractivity (Wildman–Crippen MR) is 66.7 cm³/mol. The molecule has 4 nitrogen and oxygen atoms in total. The lowest BCUT2D eigenvalue weighted by atomic mass is 10.2. The highest BCUT2D eigenvalue weighted by Crippen LogP contribution is 2.03. The molecule has 0 saturated carbocycles. The van der Waals surface area contributed by atoms with Gasteiger partial charge < -0.3 is 10.4 Å². The van der Waals surface area contributed by atoms with Crippen molar-refractivity contribution < 1.29 is 9.90 Å². The van der Waals surface area contributed by atoms with E-state index in [0.717, 1.165) is 19.6 Å². The summed E-state index contributed by atoms with van der Waals surface area (Å²) >= 11 is 0. The molecular weight excluding hydrogens is 204 g/mol. The van der Waals surface area contributed by atoms with Crippen LogP contribution in [0.15, 0.2) is 0 Å². The average molecular weight is 230 g/mol. The second kappa shape index (κ2) is 8.53. The van der Waals surface area contributed by atoms with E-state index in [1.54, 1.807) is 0 Å². The maximum Gasteiger partial charge on any atom is 0.303 e. The predicted octanol–water partition coefficient (Wildman–Crippen LogP) is 1.56. The van der Waals surface area contributed by atoms with Gasteiger partial charge in [-0.1, -0.05) is 0 Å². The van der Waals surface area contributed by atoms with Gasteiger partial charge in [0.05, 0.1) is 0 Å². The summed E-state index contributed by atoms with van der Waals surface area (Å²) in [5.41, 5.74) is 0. The highest BCUT2D eigenvalue weighted by Gasteiger charge is 2.11. The summed E-state index contributed by atoms with van der Waals surface area (Å²) in [4.78, 5) is 12.7. The Morgan fingerprint density at radius 2 is 1.75 bits per heavy atom. The van der Waals surface area contributed by atoms with E-state index in [9.17, 15) is 4.79 Å². The molecule has 0 heterocycles. The Kier molecular flexibility index (Phi) is 8.21. The number of nitrogens with zero attached hydrogens (tertiary/aromatic N) is 1. The molecule has 0 aromatic rings. The van der Waals surface area contributed by atoms with Crippen LogP contribution in [0.5, 0.6) is 0 Å². The van der Waals surface area contributed by atoms with Crippen molar-refractivity contribution in [2.45, 2.75) is 52.6 Å². The third kappa shape index (κ3) is 7.65. The number of carboxylic acids is 1. The lowest BCUT2D eigenvalue weighted by Crippen LogP contribution is -2.41. The van der Waals surface area contributed by atoms with Crippen LogP contribution in [0.1, 0.15) is 40.5 Å². The highest BCUT2D eigenvalue weighted by atomic mass is 16.4. The van der Waals surface area contributed by atoms with E-state index in [4.69, 9.17) is 5.11 Å². The first-order valence-corrected chi connectivity index (χ1v) is 6.13. The van der Waals surface area contributed by atoms with Crippen LogP contribution in [0.2, 0.25) is 0 Å². The van der Waals surface area contributed by atoms with Gasteiger partial charge in [-0.05, 0) is 40.7 Å². The minimum absolute atomic E-state index is 0.255. The minimum Gasteiger partial charge on any atom is -0.481 e. The summed E-state index contributed by atoms with van der Waals surface area (Å²) in [6.45, 7) is 11.5. The maximum absolute atomic E-state index is 10.3. The van der Waals surface area contributed by atoms with Crippen molar-refractivity contribution >= 4 is 5.97 Å². The number of carbonyl (C=O) groups is 1. The molecule has 0 aromatic heterocycles. The third-order valence-corrected chi connectivity index (χ3v) is 2.62. The Balaban J connectivity index is 3.52. The van der Waals surface area contributed by atoms with Crippen LogP contribution in [0, 0.1) is 0 Å². The van der Waals surface area contributed by atoms with Gasteiger partial charge in [-0.2, -0.15) is 0 Å². The molecule has 96 valence electrons. The quantitative estimate of drug-likeness (QED) is 0.590. The molecular formula is C12H26N2O2. The van der Waals surface area contributed by atoms with E-state index in [1.807, 2.05) is 0 Å². The van der Waals surface area contributed by atoms with Crippen molar-refractivity contribution in [3.05, 3.63) is 0 Å². The lowest BCUT2D eigenvalue weighted by Gasteiger charge is -2.30. The van der Waals surface area contributed by atoms with E-state index in [2.05, 4.69) is 37.9 Å². The normalized spacial score (nSPS) is 11.7. The van der Waals surface area contributed by atoms with Gasteiger partial charge in [-0.15, -0.1) is 0 Å². The molecule has 0 radical (unpaired) electrons. The van der Waals surface area contributed by atoms with Gasteiger partial charge in [0.2, 0.25) is 0 Å². The van der Waals surface area contributed by atoms with Crippen molar-refractivity contribution in [3.63, 3.8) is 0 Å². The van der Waals surface area contributed by atoms with Crippen molar-refractivity contribution in [2.24, 2.45) is 0 Å². The van der Waals surface area contributed by atoms with Gasteiger partial charge in [-0.25, -0.2) is 0 Å². The van der Waals surface area contributed by atoms with Crippen molar-refractivity contribution in [2.75, 3.05) is 19.6 Å². The Labute approximate surface area is 99.0 Å². The zero-order valence-electron chi connectivity index (χ0n) is 11.0. The second-order valence-corrected chi connectivity index (χ2v) is 4.67. The molecule has 0 aliphatic heterocycles. The van der Waals surface area contributed by atoms with Gasteiger partial charge >= 0.3 is 5.97 Å². The van der Waals surface area contributed by atoms with Gasteiger partial charge in [0.25, 0.3) is 0 Å². The van der Waals surface area contributed by atoms with E-state index >= 15 is 0 Å². The Morgan fingerprint density at radius 3 is 2.19 bits per heavy atom. The molecule has 4 heteroatoms. The van der Waals surface area contributed by atoms with Crippen molar-refractivity contribution in [3.8, 4) is 0 Å². The van der Waals surface area contributed by atoms with E-state index in [0.29, 0.717) is 18.5 Å². The number of carboxylic acid groups (broad SMARTS) is 1. The molecule has 0 atom stereocenters. The number of rotatable bonds is 9. The van der Waals surface area contributed by atoms with E-state index < -0.39 is 5.97 Å². The molecule has 0 unspecified atom stereocenters. The van der Waals surface area contributed by atoms with Crippen LogP contribution >= 0.6 is 0 Å². The van der Waals surface area contributed by atoms with E-state index in [-0.39, 0.29) is 6.42 Å². The summed E-state index contributed by atoms with van der Waals surface area (Å²) in [5, 5.41) is 11.7. The number of hydrogen-bond donors (Lipinski definition) is 2. The number of aliphatic carboxylic acids is 1. The largest absolute Gasteiger partial charge is 0.481 e. The maximum atomic E-state index is 10.3. The van der Waals surface area contributed by atoms with Crippen molar-refractivity contribution in [1.29, 1.82) is 0 Å². The van der Waals surface area contributed by atoms with Crippen LogP contribution in [0.25, 0.3) is 0 Å². The Bertz CT molecular complexity index is 185. The Hall–Kier alpha value is -0.610. The first kappa shape index (κ1) is 15.4. The van der Waals surface area contributed by atoms with Gasteiger partial charge in [0.1, 0.15) is 0 Å². The molecule has 0 amide bonds. The first-order valence-electron chi connectivity index (χ1n) is 6.13. The molecule has 2 N–H and O–H groups in total. The summed E-state index contributed by atoms with van der Waals surface area (Å²) in [5.74, 6) is -0.715. The monoisotopic (exact) mass is 230 g/mol. The molecule has 0 spiro atoms. The van der Waals surface area contributed by atoms with E-state index in [1.165, 1.54) is 0 Å². The van der Waals surface area contributed by atoms with Crippen LogP contribution in [-0.4, -0.2) is 47.7 Å². The summed E-state index contributed by atoms with van der Waals surface area (Å²) in [6, 6.07) is 1.11. The third-order valence-electron chi connectivity index (χ3n) is 2.62. The fourth-order valence-corrected chi connectivity index (χ4v) is 1.81. The fourth-order valence-electron chi connectivity index (χ4n) is 1.81. The summed E-state index contributed by atoms with van der Waals surface area (Å²) in [6.07, 6.45) is 0.962. The van der Waals surface area contributed by atoms with Crippen molar-refractivity contribution in [1.82, 2.24) is 10.2 Å². The highest BCUT2D eigenvalue weighted by molar-refractivity contribution is 5.66. The van der Waals surface area contributed by atoms with Gasteiger partial charge in [0.15, 0.2) is 0 Å². The summed E-state index contributed by atoms with van der Waals surface area (Å²) < 4.78 is 0. The van der Waals surface area contributed by atoms with Gasteiger partial charge in [-0.3, -0.25) is 9.69 Å². The average Bonchev–Trinajstić information content (AvgIpc) is 2.14. The molecule has 0 aliphatic carbocycles. The molecule has 0 aliphatic rings. The molecule has 0 rings (SSSR count). The van der Waals surface area contributed by atoms with Crippen LogP contribution < -0.4 is 5.32 Å². The zero-order chi connectivity index (χ0) is 12.6. The smallest absolute Gasteiger partial charge is 0.303 e. The van der Waals surface area contributed by atoms with Crippen LogP contribution in [0.4, 0.5) is 0 Å². The van der Waals surface area contributed by atoms with Gasteiger partial charge in [0, 0.05) is 31.6 Å². The molecule has 0 aromatic carbocycles. The topological polar surface area (TPSA) is 52.6 Å². The molecule has 0 fully saturated rings. The number of nitrogens with one attached hydrogen (secondary N) is 1. The van der Waals surface area contributed by atoms with Crippen LogP contribution in [-0.2, 0) is 4.79 Å². The molecule has 0 bridgehead atoms. The first-order chi connectivity index (χ1) is 7.45. The molecule has 0 saturated heterocycles. The molecule has 16 heavy (non-hydrogen) atoms. The Morgan fingerprint density at radius 1 is 1.19 bits per heavy atom. The summed E-state index contributed by atoms with van der Waals surface area (Å²) in [7, 11) is 0. The zero-order valence-corrected chi connectivity index (χ0v) is 11.0. The standard InChI is InChI=1S/C12H26N2O2/c1-10(2)14(11(3)4)9-8-13-7-5-6-12(15)16/h10-11,13H,5-9H2,1-4H3,(H,15,16). The second-order valence-electron chi connectivity index (χ2n) is 4.67. The fraction of sp³-hybridized carbons (Fsp3) is 0.917.